The third kappa shape index (κ3) is 6.70. The van der Waals surface area contributed by atoms with Gasteiger partial charge in [-0.05, 0) is 55.2 Å². The molecule has 0 fully saturated rings. The minimum absolute atomic E-state index is 0.0163. The van der Waals surface area contributed by atoms with E-state index in [0.29, 0.717) is 34.7 Å². The lowest BCUT2D eigenvalue weighted by molar-refractivity contribution is 0.279. The number of hydrogen-bond donors (Lipinski definition) is 1. The molecule has 31 heavy (non-hydrogen) atoms. The molecule has 0 aliphatic carbocycles. The van der Waals surface area contributed by atoms with Crippen LogP contribution in [0.15, 0.2) is 65.1 Å². The maximum Gasteiger partial charge on any atom is 0.162 e. The van der Waals surface area contributed by atoms with Gasteiger partial charge in [-0.15, -0.1) is 0 Å². The maximum absolute atomic E-state index is 14.0. The van der Waals surface area contributed by atoms with Crippen molar-refractivity contribution in [2.24, 2.45) is 0 Å². The maximum atomic E-state index is 14.0. The van der Waals surface area contributed by atoms with Crippen LogP contribution in [-0.2, 0) is 19.6 Å². The number of benzene rings is 3. The zero-order valence-electron chi connectivity index (χ0n) is 17.6. The quantitative estimate of drug-likeness (QED) is 0.323. The lowest BCUT2D eigenvalue weighted by Gasteiger charge is -2.17. The molecule has 3 rings (SSSR count). The van der Waals surface area contributed by atoms with Crippen molar-refractivity contribution < 1.29 is 13.9 Å². The molecular formula is C25H26BrClFNO2. The second-order valence-corrected chi connectivity index (χ2v) is 8.65. The Hall–Kier alpha value is -2.08. The topological polar surface area (TPSA) is 30.5 Å². The van der Waals surface area contributed by atoms with E-state index in [-0.39, 0.29) is 6.61 Å². The molecule has 0 saturated heterocycles. The lowest BCUT2D eigenvalue weighted by atomic mass is 10.1. The Kier molecular flexibility index (Phi) is 8.76. The molecule has 0 aliphatic heterocycles. The highest BCUT2D eigenvalue weighted by atomic mass is 79.9. The number of rotatable bonds is 10. The molecule has 6 heteroatoms. The van der Waals surface area contributed by atoms with Gasteiger partial charge in [-0.1, -0.05) is 63.9 Å². The van der Waals surface area contributed by atoms with Gasteiger partial charge in [-0.25, -0.2) is 4.39 Å². The third-order valence-corrected chi connectivity index (χ3v) is 6.21. The van der Waals surface area contributed by atoms with Crippen molar-refractivity contribution in [3.8, 4) is 11.5 Å². The molecule has 1 atom stereocenters. The monoisotopic (exact) mass is 505 g/mol. The van der Waals surface area contributed by atoms with Crippen LogP contribution in [0.1, 0.15) is 30.0 Å². The zero-order valence-corrected chi connectivity index (χ0v) is 20.0. The Morgan fingerprint density at radius 2 is 1.84 bits per heavy atom. The summed E-state index contributed by atoms with van der Waals surface area (Å²) in [5, 5.41) is 3.90. The predicted molar refractivity (Wildman–Crippen MR) is 128 cm³/mol. The van der Waals surface area contributed by atoms with E-state index < -0.39 is 5.82 Å². The summed E-state index contributed by atoms with van der Waals surface area (Å²) >= 11 is 9.71. The van der Waals surface area contributed by atoms with Crippen LogP contribution in [0.2, 0.25) is 5.02 Å². The number of halogens is 3. The fourth-order valence-electron chi connectivity index (χ4n) is 3.22. The molecule has 0 aliphatic rings. The van der Waals surface area contributed by atoms with E-state index in [1.165, 1.54) is 11.6 Å². The summed E-state index contributed by atoms with van der Waals surface area (Å²) in [7, 11) is 1.59. The summed E-state index contributed by atoms with van der Waals surface area (Å²) in [6.45, 7) is 2.89. The van der Waals surface area contributed by atoms with Crippen LogP contribution in [0, 0.1) is 5.82 Å². The summed E-state index contributed by atoms with van der Waals surface area (Å²) in [5.74, 6) is 0.717. The molecule has 0 heterocycles. The molecule has 3 nitrogen and oxygen atoms in total. The SMILES string of the molecule is COc1cc(CNC(C)CCc2ccccc2)c(Br)cc1OCc1c(F)cccc1Cl. The molecule has 0 aromatic heterocycles. The molecule has 1 N–H and O–H groups in total. The number of methoxy groups -OCH3 is 1. The summed E-state index contributed by atoms with van der Waals surface area (Å²) in [6, 6.07) is 19.2. The second-order valence-electron chi connectivity index (χ2n) is 7.39. The Bertz CT molecular complexity index is 980. The first kappa shape index (κ1) is 23.6. The van der Waals surface area contributed by atoms with Crippen molar-refractivity contribution in [1.29, 1.82) is 0 Å². The Labute approximate surface area is 196 Å². The molecule has 3 aromatic carbocycles. The normalized spacial score (nSPS) is 11.9. The molecular weight excluding hydrogens is 481 g/mol. The molecule has 0 spiro atoms. The molecule has 0 bridgehead atoms. The Morgan fingerprint density at radius 1 is 1.06 bits per heavy atom. The van der Waals surface area contributed by atoms with Gasteiger partial charge in [0.15, 0.2) is 11.5 Å². The smallest absolute Gasteiger partial charge is 0.162 e. The van der Waals surface area contributed by atoms with Gasteiger partial charge < -0.3 is 14.8 Å². The van der Waals surface area contributed by atoms with Crippen LogP contribution < -0.4 is 14.8 Å². The van der Waals surface area contributed by atoms with Crippen LogP contribution >= 0.6 is 27.5 Å². The van der Waals surface area contributed by atoms with Gasteiger partial charge in [0, 0.05) is 22.6 Å². The van der Waals surface area contributed by atoms with Crippen LogP contribution in [0.25, 0.3) is 0 Å². The first-order valence-corrected chi connectivity index (χ1v) is 11.3. The van der Waals surface area contributed by atoms with E-state index in [2.05, 4.69) is 52.4 Å². The van der Waals surface area contributed by atoms with Crippen LogP contribution in [-0.4, -0.2) is 13.2 Å². The highest BCUT2D eigenvalue weighted by Crippen LogP contribution is 2.35. The van der Waals surface area contributed by atoms with Crippen LogP contribution in [0.4, 0.5) is 4.39 Å². The zero-order chi connectivity index (χ0) is 22.2. The van der Waals surface area contributed by atoms with E-state index >= 15 is 0 Å². The first-order valence-electron chi connectivity index (χ1n) is 10.2. The van der Waals surface area contributed by atoms with Crippen molar-refractivity contribution in [1.82, 2.24) is 5.32 Å². The van der Waals surface area contributed by atoms with Gasteiger partial charge in [-0.2, -0.15) is 0 Å². The number of ether oxygens (including phenoxy) is 2. The van der Waals surface area contributed by atoms with E-state index in [4.69, 9.17) is 21.1 Å². The van der Waals surface area contributed by atoms with Crippen molar-refractivity contribution in [3.63, 3.8) is 0 Å². The summed E-state index contributed by atoms with van der Waals surface area (Å²) in [5.41, 5.74) is 2.72. The summed E-state index contributed by atoms with van der Waals surface area (Å²) in [4.78, 5) is 0. The summed E-state index contributed by atoms with van der Waals surface area (Å²) < 4.78 is 26.2. The minimum Gasteiger partial charge on any atom is -0.493 e. The lowest BCUT2D eigenvalue weighted by Crippen LogP contribution is -2.26. The average Bonchev–Trinajstić information content (AvgIpc) is 2.77. The molecule has 3 aromatic rings. The standard InChI is InChI=1S/C25H26BrClFNO2/c1-17(11-12-18-7-4-3-5-8-18)29-15-19-13-24(30-2)25(14-21(19)26)31-16-20-22(27)9-6-10-23(20)28/h3-10,13-14,17,29H,11-12,15-16H2,1-2H3. The van der Waals surface area contributed by atoms with Crippen molar-refractivity contribution in [2.75, 3.05) is 7.11 Å². The van der Waals surface area contributed by atoms with Gasteiger partial charge in [0.2, 0.25) is 0 Å². The highest BCUT2D eigenvalue weighted by molar-refractivity contribution is 9.10. The van der Waals surface area contributed by atoms with E-state index in [0.717, 1.165) is 22.9 Å². The largest absolute Gasteiger partial charge is 0.493 e. The Morgan fingerprint density at radius 3 is 2.55 bits per heavy atom. The van der Waals surface area contributed by atoms with E-state index in [1.54, 1.807) is 19.2 Å². The number of aryl methyl sites for hydroxylation is 1. The fraction of sp³-hybridized carbons (Fsp3) is 0.280. The molecule has 0 amide bonds. The average molecular weight is 507 g/mol. The summed E-state index contributed by atoms with van der Waals surface area (Å²) in [6.07, 6.45) is 2.08. The minimum atomic E-state index is -0.393. The van der Waals surface area contributed by atoms with Crippen LogP contribution in [0.5, 0.6) is 11.5 Å². The van der Waals surface area contributed by atoms with E-state index in [1.807, 2.05) is 18.2 Å². The Balaban J connectivity index is 1.60. The molecule has 0 saturated carbocycles. The second kappa shape index (κ2) is 11.5. The molecule has 164 valence electrons. The predicted octanol–water partition coefficient (Wildman–Crippen LogP) is 6.94. The van der Waals surface area contributed by atoms with Gasteiger partial charge in [0.05, 0.1) is 12.1 Å². The molecule has 0 radical (unpaired) electrons. The van der Waals surface area contributed by atoms with Crippen molar-refractivity contribution >= 4 is 27.5 Å². The molecule has 1 unspecified atom stereocenters. The number of hydrogen-bond acceptors (Lipinski definition) is 3. The van der Waals surface area contributed by atoms with Gasteiger partial charge >= 0.3 is 0 Å². The van der Waals surface area contributed by atoms with Gasteiger partial charge in [-0.3, -0.25) is 0 Å². The van der Waals surface area contributed by atoms with Crippen molar-refractivity contribution in [2.45, 2.75) is 39.0 Å². The third-order valence-electron chi connectivity index (χ3n) is 5.12. The first-order chi connectivity index (χ1) is 15.0. The van der Waals surface area contributed by atoms with Crippen LogP contribution in [0.3, 0.4) is 0 Å². The fourth-order valence-corrected chi connectivity index (χ4v) is 3.90. The van der Waals surface area contributed by atoms with E-state index in [9.17, 15) is 4.39 Å². The van der Waals surface area contributed by atoms with Gasteiger partial charge in [0.1, 0.15) is 12.4 Å². The van der Waals surface area contributed by atoms with Crippen molar-refractivity contribution in [3.05, 3.63) is 92.7 Å². The van der Waals surface area contributed by atoms with Gasteiger partial charge in [0.25, 0.3) is 0 Å². The number of nitrogens with one attached hydrogen (secondary N) is 1. The highest BCUT2D eigenvalue weighted by Gasteiger charge is 2.14.